The third kappa shape index (κ3) is 6.16. The number of aromatic nitrogens is 1. The second kappa shape index (κ2) is 11.6. The van der Waals surface area contributed by atoms with Gasteiger partial charge in [-0.3, -0.25) is 14.6 Å². The van der Waals surface area contributed by atoms with Crippen LogP contribution in [0.5, 0.6) is 11.5 Å². The summed E-state index contributed by atoms with van der Waals surface area (Å²) in [4.78, 5) is 31.8. The molecule has 2 aromatic carbocycles. The van der Waals surface area contributed by atoms with Crippen LogP contribution in [-0.4, -0.2) is 39.9 Å². The van der Waals surface area contributed by atoms with Gasteiger partial charge in [0.15, 0.2) is 16.7 Å². The van der Waals surface area contributed by atoms with Crippen LogP contribution >= 0.6 is 35.2 Å². The van der Waals surface area contributed by atoms with Crippen LogP contribution in [0.2, 0.25) is 5.02 Å². The minimum atomic E-state index is -0.679. The highest BCUT2D eigenvalue weighted by Gasteiger charge is 2.23. The molecule has 0 unspecified atom stereocenters. The molecule has 7 nitrogen and oxygen atoms in total. The first-order valence-corrected chi connectivity index (χ1v) is 13.6. The van der Waals surface area contributed by atoms with Crippen LogP contribution in [0, 0.1) is 11.6 Å². The number of carbonyl (C=O) groups is 2. The van der Waals surface area contributed by atoms with Gasteiger partial charge in [0.25, 0.3) is 5.91 Å². The van der Waals surface area contributed by atoms with E-state index in [2.05, 4.69) is 15.6 Å². The fourth-order valence-corrected chi connectivity index (χ4v) is 5.65. The number of hydrogen-bond donors (Lipinski definition) is 2. The molecule has 0 radical (unpaired) electrons. The van der Waals surface area contributed by atoms with E-state index in [0.29, 0.717) is 20.8 Å². The molecule has 12 heteroatoms. The molecule has 4 aromatic rings. The summed E-state index contributed by atoms with van der Waals surface area (Å²) in [6, 6.07) is 11.6. The summed E-state index contributed by atoms with van der Waals surface area (Å²) in [6.45, 7) is 1.48. The smallest absolute Gasteiger partial charge is 0.264 e. The molecule has 1 fully saturated rings. The Hall–Kier alpha value is -3.67. The molecule has 2 N–H and O–H groups in total. The number of halogens is 3. The lowest BCUT2D eigenvalue weighted by Gasteiger charge is -2.13. The van der Waals surface area contributed by atoms with E-state index in [1.54, 1.807) is 12.1 Å². The molecular formula is C27H21ClF2N4O3S2. The van der Waals surface area contributed by atoms with Crippen LogP contribution in [-0.2, 0) is 11.2 Å². The van der Waals surface area contributed by atoms with Crippen molar-refractivity contribution in [2.75, 3.05) is 18.4 Å². The number of amides is 2. The Morgan fingerprint density at radius 3 is 2.62 bits per heavy atom. The van der Waals surface area contributed by atoms with E-state index >= 15 is 0 Å². The van der Waals surface area contributed by atoms with Gasteiger partial charge in [0.05, 0.1) is 21.5 Å². The fraction of sp³-hybridized carbons (Fsp3) is 0.185. The Morgan fingerprint density at radius 1 is 1.08 bits per heavy atom. The summed E-state index contributed by atoms with van der Waals surface area (Å²) in [7, 11) is 0. The van der Waals surface area contributed by atoms with Crippen molar-refractivity contribution < 1.29 is 23.1 Å². The minimum Gasteiger partial charge on any atom is -0.453 e. The molecule has 1 aliphatic rings. The summed E-state index contributed by atoms with van der Waals surface area (Å²) in [5, 5.41) is 5.18. The number of fused-ring (bicyclic) bond motifs is 1. The van der Waals surface area contributed by atoms with Crippen LogP contribution in [0.3, 0.4) is 0 Å². The quantitative estimate of drug-likeness (QED) is 0.258. The third-order valence-corrected chi connectivity index (χ3v) is 7.73. The zero-order chi connectivity index (χ0) is 27.5. The van der Waals surface area contributed by atoms with E-state index < -0.39 is 17.5 Å². The summed E-state index contributed by atoms with van der Waals surface area (Å²) >= 11 is 12.4. The van der Waals surface area contributed by atoms with E-state index in [-0.39, 0.29) is 39.5 Å². The van der Waals surface area contributed by atoms with E-state index in [4.69, 9.17) is 28.6 Å². The number of nitrogens with zero attached hydrogens (tertiary/aromatic N) is 2. The van der Waals surface area contributed by atoms with Crippen molar-refractivity contribution in [1.82, 2.24) is 15.2 Å². The predicted octanol–water partition coefficient (Wildman–Crippen LogP) is 6.31. The molecule has 1 aliphatic heterocycles. The number of carbonyl (C=O) groups excluding carboxylic acids is 2. The van der Waals surface area contributed by atoms with Crippen molar-refractivity contribution in [1.29, 1.82) is 0 Å². The molecule has 0 atom stereocenters. The number of anilines is 1. The van der Waals surface area contributed by atoms with E-state index in [9.17, 15) is 18.4 Å². The SMILES string of the molecule is O=C(Cc1c(F)cccc1Cl)NC(=S)Nc1ccc(Oc2ccnc3cc(C(=O)N4CCCC4)sc23)c(F)c1. The lowest BCUT2D eigenvalue weighted by atomic mass is 10.1. The number of ether oxygens (including phenoxy) is 1. The normalized spacial score (nSPS) is 12.9. The maximum absolute atomic E-state index is 14.9. The second-order valence-electron chi connectivity index (χ2n) is 8.76. The number of thiocarbonyl (C=S) groups is 1. The van der Waals surface area contributed by atoms with Gasteiger partial charge in [-0.2, -0.15) is 0 Å². The first kappa shape index (κ1) is 26.9. The molecule has 0 aliphatic carbocycles. The summed E-state index contributed by atoms with van der Waals surface area (Å²) < 4.78 is 35.4. The summed E-state index contributed by atoms with van der Waals surface area (Å²) in [5.74, 6) is -1.57. The van der Waals surface area contributed by atoms with Crippen molar-refractivity contribution in [2.24, 2.45) is 0 Å². The standard InChI is InChI=1S/C27H21ClF2N4O3S2/c28-17-4-3-5-18(29)16(17)13-24(35)33-27(38)32-15-6-7-21(19(30)12-15)37-22-8-9-31-20-14-23(39-25(20)22)26(36)34-10-1-2-11-34/h3-9,12,14H,1-2,10-11,13H2,(H2,32,33,35,38). The molecule has 3 heterocycles. The van der Waals surface area contributed by atoms with Crippen LogP contribution < -0.4 is 15.4 Å². The maximum atomic E-state index is 14.9. The highest BCUT2D eigenvalue weighted by Crippen LogP contribution is 2.36. The molecule has 0 saturated carbocycles. The zero-order valence-electron chi connectivity index (χ0n) is 20.3. The van der Waals surface area contributed by atoms with Gasteiger partial charge >= 0.3 is 0 Å². The summed E-state index contributed by atoms with van der Waals surface area (Å²) in [5.41, 5.74) is 0.913. The van der Waals surface area contributed by atoms with Crippen molar-refractivity contribution in [2.45, 2.75) is 19.3 Å². The van der Waals surface area contributed by atoms with Crippen LogP contribution in [0.4, 0.5) is 14.5 Å². The topological polar surface area (TPSA) is 83.6 Å². The monoisotopic (exact) mass is 586 g/mol. The second-order valence-corrected chi connectivity index (χ2v) is 10.6. The first-order valence-electron chi connectivity index (χ1n) is 12.0. The van der Waals surface area contributed by atoms with Crippen molar-refractivity contribution in [3.05, 3.63) is 81.8 Å². The molecule has 200 valence electrons. The number of pyridine rings is 1. The van der Waals surface area contributed by atoms with Crippen LogP contribution in [0.15, 0.2) is 54.7 Å². The summed E-state index contributed by atoms with van der Waals surface area (Å²) in [6.07, 6.45) is 3.21. The average Bonchev–Trinajstić information content (AvgIpc) is 3.58. The molecule has 39 heavy (non-hydrogen) atoms. The van der Waals surface area contributed by atoms with Gasteiger partial charge < -0.3 is 20.3 Å². The van der Waals surface area contributed by atoms with E-state index in [1.807, 2.05) is 4.90 Å². The number of hydrogen-bond acceptors (Lipinski definition) is 6. The average molecular weight is 587 g/mol. The van der Waals surface area contributed by atoms with E-state index in [0.717, 1.165) is 32.0 Å². The number of nitrogens with one attached hydrogen (secondary N) is 2. The third-order valence-electron chi connectivity index (χ3n) is 6.04. The predicted molar refractivity (Wildman–Crippen MR) is 151 cm³/mol. The Kier molecular flexibility index (Phi) is 8.01. The Balaban J connectivity index is 1.24. The van der Waals surface area contributed by atoms with Crippen LogP contribution in [0.1, 0.15) is 28.1 Å². The van der Waals surface area contributed by atoms with Crippen LogP contribution in [0.25, 0.3) is 10.2 Å². The van der Waals surface area contributed by atoms with Gasteiger partial charge in [0.2, 0.25) is 5.91 Å². The molecule has 0 bridgehead atoms. The van der Waals surface area contributed by atoms with Crippen molar-refractivity contribution >= 4 is 68.0 Å². The first-order chi connectivity index (χ1) is 18.8. The minimum absolute atomic E-state index is 0.0388. The molecule has 2 aromatic heterocycles. The van der Waals surface area contributed by atoms with Gasteiger partial charge in [-0.15, -0.1) is 11.3 Å². The highest BCUT2D eigenvalue weighted by atomic mass is 35.5. The molecule has 0 spiro atoms. The zero-order valence-corrected chi connectivity index (χ0v) is 22.7. The van der Waals surface area contributed by atoms with Gasteiger partial charge in [-0.25, -0.2) is 8.78 Å². The molecular weight excluding hydrogens is 566 g/mol. The highest BCUT2D eigenvalue weighted by molar-refractivity contribution is 7.80. The number of thiophene rings is 1. The maximum Gasteiger partial charge on any atom is 0.264 e. The molecule has 2 amide bonds. The molecule has 1 saturated heterocycles. The van der Waals surface area contributed by atoms with E-state index in [1.165, 1.54) is 47.9 Å². The van der Waals surface area contributed by atoms with Gasteiger partial charge in [-0.1, -0.05) is 17.7 Å². The van der Waals surface area contributed by atoms with Crippen molar-refractivity contribution in [3.63, 3.8) is 0 Å². The fourth-order valence-electron chi connectivity index (χ4n) is 4.15. The Labute approximate surface area is 236 Å². The molecule has 5 rings (SSSR count). The number of rotatable bonds is 6. The Morgan fingerprint density at radius 2 is 1.87 bits per heavy atom. The van der Waals surface area contributed by atoms with Gasteiger partial charge in [-0.05, 0) is 55.4 Å². The van der Waals surface area contributed by atoms with Crippen molar-refractivity contribution in [3.8, 4) is 11.5 Å². The van der Waals surface area contributed by atoms with Gasteiger partial charge in [0, 0.05) is 47.7 Å². The lowest BCUT2D eigenvalue weighted by molar-refractivity contribution is -0.119. The largest absolute Gasteiger partial charge is 0.453 e. The number of likely N-dealkylation sites (tertiary alicyclic amines) is 1. The van der Waals surface area contributed by atoms with Gasteiger partial charge in [0.1, 0.15) is 11.6 Å². The lowest BCUT2D eigenvalue weighted by Crippen LogP contribution is -2.35. The number of benzene rings is 2. The Bertz CT molecular complexity index is 1570.